The maximum atomic E-state index is 12.5. The molecule has 0 spiro atoms. The van der Waals surface area contributed by atoms with Gasteiger partial charge in [-0.15, -0.1) is 0 Å². The smallest absolute Gasteiger partial charge is 0.292 e. The molecule has 1 N–H and O–H groups in total. The summed E-state index contributed by atoms with van der Waals surface area (Å²) in [6.07, 6.45) is 0.297. The normalized spacial score (nSPS) is 13.9. The molecule has 148 valence electrons. The number of hydrogen-bond acceptors (Lipinski definition) is 6. The molecule has 2 aromatic rings. The summed E-state index contributed by atoms with van der Waals surface area (Å²) in [5, 5.41) is 14.0. The fourth-order valence-corrected chi connectivity index (χ4v) is 3.27. The Bertz CT molecular complexity index is 834. The Labute approximate surface area is 163 Å². The van der Waals surface area contributed by atoms with Crippen LogP contribution in [-0.4, -0.2) is 55.6 Å². The van der Waals surface area contributed by atoms with E-state index >= 15 is 0 Å². The lowest BCUT2D eigenvalue weighted by Gasteiger charge is -2.36. The van der Waals surface area contributed by atoms with Gasteiger partial charge in [0.1, 0.15) is 11.4 Å². The number of hydrogen-bond donors (Lipinski definition) is 1. The molecule has 1 amide bonds. The van der Waals surface area contributed by atoms with E-state index in [1.165, 1.54) is 6.07 Å². The Hall–Kier alpha value is -3.29. The van der Waals surface area contributed by atoms with E-state index in [2.05, 4.69) is 10.2 Å². The fourth-order valence-electron chi connectivity index (χ4n) is 3.27. The molecule has 1 fully saturated rings. The molecule has 1 saturated heterocycles. The molecule has 0 aliphatic carbocycles. The molecule has 8 nitrogen and oxygen atoms in total. The number of nitrogens with one attached hydrogen (secondary N) is 1. The summed E-state index contributed by atoms with van der Waals surface area (Å²) in [5.74, 6) is 0.869. The molecular weight excluding hydrogens is 360 g/mol. The zero-order valence-electron chi connectivity index (χ0n) is 15.8. The van der Waals surface area contributed by atoms with E-state index in [9.17, 15) is 14.9 Å². The van der Waals surface area contributed by atoms with E-state index in [-0.39, 0.29) is 11.6 Å². The number of piperazine rings is 1. The van der Waals surface area contributed by atoms with Crippen molar-refractivity contribution in [3.63, 3.8) is 0 Å². The minimum absolute atomic E-state index is 0.0156. The quantitative estimate of drug-likeness (QED) is 0.583. The van der Waals surface area contributed by atoms with Gasteiger partial charge >= 0.3 is 0 Å². The molecule has 8 heteroatoms. The Balaban J connectivity index is 1.47. The van der Waals surface area contributed by atoms with Crippen LogP contribution in [0.15, 0.2) is 48.5 Å². The van der Waals surface area contributed by atoms with Gasteiger partial charge in [0.15, 0.2) is 0 Å². The summed E-state index contributed by atoms with van der Waals surface area (Å²) >= 11 is 0. The number of nitro benzene ring substituents is 1. The van der Waals surface area contributed by atoms with Crippen LogP contribution in [0.4, 0.5) is 17.1 Å². The number of carbonyl (C=O) groups is 1. The number of nitrogens with zero attached hydrogens (tertiary/aromatic N) is 3. The highest BCUT2D eigenvalue weighted by atomic mass is 16.6. The summed E-state index contributed by atoms with van der Waals surface area (Å²) in [7, 11) is 1.65. The number of carbonyl (C=O) groups excluding carboxylic acids is 1. The SMILES string of the molecule is COc1cccc(N2CCN(C(=O)CCNc3ccccc3[N+](=O)[O-])CC2)c1. The van der Waals surface area contributed by atoms with Gasteiger partial charge in [0, 0.05) is 57.0 Å². The number of anilines is 2. The van der Waals surface area contributed by atoms with Gasteiger partial charge in [-0.25, -0.2) is 0 Å². The van der Waals surface area contributed by atoms with Crippen molar-refractivity contribution >= 4 is 23.0 Å². The van der Waals surface area contributed by atoms with Crippen LogP contribution in [0, 0.1) is 10.1 Å². The summed E-state index contributed by atoms with van der Waals surface area (Å²) < 4.78 is 5.27. The predicted molar refractivity (Wildman–Crippen MR) is 108 cm³/mol. The van der Waals surface area contributed by atoms with Crippen LogP contribution < -0.4 is 15.0 Å². The number of benzene rings is 2. The van der Waals surface area contributed by atoms with Crippen LogP contribution in [0.25, 0.3) is 0 Å². The molecule has 2 aromatic carbocycles. The largest absolute Gasteiger partial charge is 0.497 e. The highest BCUT2D eigenvalue weighted by Crippen LogP contribution is 2.24. The first-order valence-electron chi connectivity index (χ1n) is 9.22. The summed E-state index contributed by atoms with van der Waals surface area (Å²) in [6, 6.07) is 14.3. The van der Waals surface area contributed by atoms with Crippen molar-refractivity contribution < 1.29 is 14.5 Å². The standard InChI is InChI=1S/C20H24N4O4/c1-28-17-6-4-5-16(15-17)22-11-13-23(14-12-22)20(25)9-10-21-18-7-2-3-8-19(18)24(26)27/h2-8,15,21H,9-14H2,1H3. The lowest BCUT2D eigenvalue weighted by Crippen LogP contribution is -2.49. The van der Waals surface area contributed by atoms with E-state index in [0.717, 1.165) is 24.5 Å². The lowest BCUT2D eigenvalue weighted by molar-refractivity contribution is -0.384. The van der Waals surface area contributed by atoms with Crippen LogP contribution in [0.2, 0.25) is 0 Å². The second kappa shape index (κ2) is 9.07. The number of methoxy groups -OCH3 is 1. The van der Waals surface area contributed by atoms with Crippen molar-refractivity contribution in [2.45, 2.75) is 6.42 Å². The Morgan fingerprint density at radius 2 is 1.89 bits per heavy atom. The second-order valence-electron chi connectivity index (χ2n) is 6.52. The highest BCUT2D eigenvalue weighted by Gasteiger charge is 2.21. The number of ether oxygens (including phenoxy) is 1. The number of rotatable bonds is 7. The Morgan fingerprint density at radius 3 is 2.61 bits per heavy atom. The van der Waals surface area contributed by atoms with Gasteiger partial charge < -0.3 is 19.9 Å². The van der Waals surface area contributed by atoms with E-state index in [1.807, 2.05) is 29.2 Å². The molecule has 0 unspecified atom stereocenters. The second-order valence-corrected chi connectivity index (χ2v) is 6.52. The summed E-state index contributed by atoms with van der Waals surface area (Å²) in [5.41, 5.74) is 1.54. The molecule has 1 aliphatic heterocycles. The molecule has 0 atom stereocenters. The third-order valence-electron chi connectivity index (χ3n) is 4.81. The van der Waals surface area contributed by atoms with Crippen LogP contribution in [0.1, 0.15) is 6.42 Å². The zero-order valence-corrected chi connectivity index (χ0v) is 15.8. The van der Waals surface area contributed by atoms with Crippen molar-refractivity contribution in [1.29, 1.82) is 0 Å². The van der Waals surface area contributed by atoms with Gasteiger partial charge in [0.25, 0.3) is 5.69 Å². The first kappa shape index (κ1) is 19.5. The van der Waals surface area contributed by atoms with Gasteiger partial charge in [0.05, 0.1) is 12.0 Å². The van der Waals surface area contributed by atoms with Crippen LogP contribution in [0.3, 0.4) is 0 Å². The topological polar surface area (TPSA) is 88.0 Å². The summed E-state index contributed by atoms with van der Waals surface area (Å²) in [4.78, 5) is 27.1. The molecule has 0 radical (unpaired) electrons. The summed E-state index contributed by atoms with van der Waals surface area (Å²) in [6.45, 7) is 3.19. The van der Waals surface area contributed by atoms with Gasteiger partial charge in [-0.05, 0) is 18.2 Å². The van der Waals surface area contributed by atoms with Crippen molar-refractivity contribution in [2.75, 3.05) is 50.1 Å². The molecule has 0 saturated carbocycles. The maximum Gasteiger partial charge on any atom is 0.292 e. The van der Waals surface area contributed by atoms with Crippen LogP contribution in [0.5, 0.6) is 5.75 Å². The molecule has 1 aliphatic rings. The predicted octanol–water partition coefficient (Wildman–Crippen LogP) is 2.75. The number of nitro groups is 1. The molecular formula is C20H24N4O4. The molecule has 28 heavy (non-hydrogen) atoms. The van der Waals surface area contributed by atoms with Crippen molar-refractivity contribution in [1.82, 2.24) is 4.90 Å². The van der Waals surface area contributed by atoms with E-state index in [4.69, 9.17) is 4.74 Å². The lowest BCUT2D eigenvalue weighted by atomic mass is 10.2. The van der Waals surface area contributed by atoms with E-state index < -0.39 is 4.92 Å². The first-order chi connectivity index (χ1) is 13.6. The van der Waals surface area contributed by atoms with Gasteiger partial charge in [-0.2, -0.15) is 0 Å². The Morgan fingerprint density at radius 1 is 1.14 bits per heavy atom. The third kappa shape index (κ3) is 4.70. The average molecular weight is 384 g/mol. The number of para-hydroxylation sites is 2. The van der Waals surface area contributed by atoms with Crippen LogP contribution in [-0.2, 0) is 4.79 Å². The van der Waals surface area contributed by atoms with Crippen molar-refractivity contribution in [3.8, 4) is 5.75 Å². The van der Waals surface area contributed by atoms with Crippen LogP contribution >= 0.6 is 0 Å². The molecule has 1 heterocycles. The highest BCUT2D eigenvalue weighted by molar-refractivity contribution is 5.77. The maximum absolute atomic E-state index is 12.5. The molecule has 0 bridgehead atoms. The molecule has 3 rings (SSSR count). The van der Waals surface area contributed by atoms with Gasteiger partial charge in [0.2, 0.25) is 5.91 Å². The average Bonchev–Trinajstić information content (AvgIpc) is 2.74. The fraction of sp³-hybridized carbons (Fsp3) is 0.350. The van der Waals surface area contributed by atoms with Crippen molar-refractivity contribution in [3.05, 3.63) is 58.6 Å². The molecule has 0 aromatic heterocycles. The first-order valence-corrected chi connectivity index (χ1v) is 9.22. The van der Waals surface area contributed by atoms with E-state index in [0.29, 0.717) is 31.7 Å². The monoisotopic (exact) mass is 384 g/mol. The van der Waals surface area contributed by atoms with E-state index in [1.54, 1.807) is 25.3 Å². The third-order valence-corrected chi connectivity index (χ3v) is 4.81. The van der Waals surface area contributed by atoms with Crippen molar-refractivity contribution in [2.24, 2.45) is 0 Å². The zero-order chi connectivity index (χ0) is 19.9. The van der Waals surface area contributed by atoms with Gasteiger partial charge in [-0.3, -0.25) is 14.9 Å². The Kier molecular flexibility index (Phi) is 6.31. The minimum Gasteiger partial charge on any atom is -0.497 e. The van der Waals surface area contributed by atoms with Gasteiger partial charge in [-0.1, -0.05) is 18.2 Å². The number of amides is 1. The minimum atomic E-state index is -0.429.